The quantitative estimate of drug-likeness (QED) is 0.290. The summed E-state index contributed by atoms with van der Waals surface area (Å²) in [5.74, 6) is -1.35. The van der Waals surface area contributed by atoms with Crippen LogP contribution in [0.4, 0.5) is 5.69 Å². The molecule has 0 spiro atoms. The molecule has 1 amide bonds. The minimum absolute atomic E-state index is 0.0539. The minimum Gasteiger partial charge on any atom is -0.548 e. The zero-order chi connectivity index (χ0) is 19.4. The van der Waals surface area contributed by atoms with Gasteiger partial charge in [0.05, 0.1) is 21.8 Å². The van der Waals surface area contributed by atoms with Gasteiger partial charge in [-0.1, -0.05) is 36.1 Å². The number of rotatable bonds is 7. The first-order valence-electron chi connectivity index (χ1n) is 7.48. The van der Waals surface area contributed by atoms with Gasteiger partial charge in [0, 0.05) is 11.6 Å². The smallest absolute Gasteiger partial charge is 0.272 e. The maximum atomic E-state index is 12.6. The molecule has 0 saturated carbocycles. The van der Waals surface area contributed by atoms with Crippen molar-refractivity contribution in [2.45, 2.75) is 19.4 Å². The Hall–Kier alpha value is -1.91. The Morgan fingerprint density at radius 1 is 1.50 bits per heavy atom. The molecule has 0 bridgehead atoms. The Balaban J connectivity index is 2.33. The number of carboxylic acid groups (broad SMARTS) is 1. The van der Waals surface area contributed by atoms with Gasteiger partial charge in [0.1, 0.15) is 4.32 Å². The van der Waals surface area contributed by atoms with Crippen molar-refractivity contribution in [1.29, 1.82) is 0 Å². The molecule has 1 aromatic rings. The first kappa shape index (κ1) is 20.4. The Labute approximate surface area is 164 Å². The van der Waals surface area contributed by atoms with Crippen molar-refractivity contribution in [1.82, 2.24) is 4.90 Å². The lowest BCUT2D eigenvalue weighted by Gasteiger charge is -2.27. The number of carbonyl (C=O) groups is 2. The zero-order valence-corrected chi connectivity index (χ0v) is 16.4. The number of amides is 1. The van der Waals surface area contributed by atoms with Crippen LogP contribution >= 0.6 is 35.7 Å². The van der Waals surface area contributed by atoms with E-state index in [-0.39, 0.29) is 21.3 Å². The van der Waals surface area contributed by atoms with Crippen molar-refractivity contribution in [3.63, 3.8) is 0 Å². The van der Waals surface area contributed by atoms with Gasteiger partial charge in [0.2, 0.25) is 0 Å². The number of thiocarbonyl (C=S) groups is 1. The van der Waals surface area contributed by atoms with Gasteiger partial charge in [-0.05, 0) is 37.0 Å². The molecule has 1 atom stereocenters. The topological polar surface area (TPSA) is 104 Å². The highest BCUT2D eigenvalue weighted by Gasteiger charge is 2.37. The lowest BCUT2D eigenvalue weighted by atomic mass is 10.1. The second-order valence-corrected chi connectivity index (χ2v) is 8.13. The Morgan fingerprint density at radius 3 is 2.77 bits per heavy atom. The molecule has 1 saturated heterocycles. The number of aliphatic carboxylic acids is 1. The first-order valence-corrected chi connectivity index (χ1v) is 10.1. The number of benzene rings is 1. The number of carboxylic acids is 1. The molecule has 0 radical (unpaired) electrons. The predicted molar refractivity (Wildman–Crippen MR) is 105 cm³/mol. The lowest BCUT2D eigenvalue weighted by Crippen LogP contribution is -2.50. The Bertz CT molecular complexity index is 809. The van der Waals surface area contributed by atoms with Gasteiger partial charge in [-0.15, -0.1) is 0 Å². The molecule has 7 nitrogen and oxygen atoms in total. The van der Waals surface area contributed by atoms with Crippen molar-refractivity contribution in [3.8, 4) is 0 Å². The van der Waals surface area contributed by atoms with Gasteiger partial charge in [-0.2, -0.15) is 11.8 Å². The van der Waals surface area contributed by atoms with Crippen molar-refractivity contribution >= 4 is 63.7 Å². The third-order valence-electron chi connectivity index (χ3n) is 3.73. The van der Waals surface area contributed by atoms with Crippen LogP contribution in [0, 0.1) is 17.0 Å². The molecular formula is C16H15N2O5S3-. The van der Waals surface area contributed by atoms with E-state index in [2.05, 4.69) is 0 Å². The largest absolute Gasteiger partial charge is 0.548 e. The Morgan fingerprint density at radius 2 is 2.19 bits per heavy atom. The summed E-state index contributed by atoms with van der Waals surface area (Å²) in [6, 6.07) is 3.48. The normalized spacial score (nSPS) is 17.0. The summed E-state index contributed by atoms with van der Waals surface area (Å²) in [6.45, 7) is 1.62. The van der Waals surface area contributed by atoms with Crippen LogP contribution in [-0.2, 0) is 9.59 Å². The maximum Gasteiger partial charge on any atom is 0.272 e. The number of nitrogens with zero attached hydrogens (tertiary/aromatic N) is 2. The average molecular weight is 412 g/mol. The number of hydrogen-bond donors (Lipinski definition) is 0. The van der Waals surface area contributed by atoms with Crippen molar-refractivity contribution < 1.29 is 19.6 Å². The molecule has 0 aliphatic carbocycles. The predicted octanol–water partition coefficient (Wildman–Crippen LogP) is 1.98. The molecule has 1 aliphatic heterocycles. The van der Waals surface area contributed by atoms with Crippen LogP contribution in [0.3, 0.4) is 0 Å². The molecule has 0 N–H and O–H groups in total. The van der Waals surface area contributed by atoms with Gasteiger partial charge < -0.3 is 9.90 Å². The van der Waals surface area contributed by atoms with Gasteiger partial charge in [0.25, 0.3) is 11.6 Å². The molecular weight excluding hydrogens is 396 g/mol. The molecule has 2 rings (SSSR count). The third kappa shape index (κ3) is 4.43. The molecule has 0 unspecified atom stereocenters. The van der Waals surface area contributed by atoms with E-state index in [0.29, 0.717) is 16.9 Å². The van der Waals surface area contributed by atoms with E-state index in [9.17, 15) is 24.8 Å². The summed E-state index contributed by atoms with van der Waals surface area (Å²) in [4.78, 5) is 35.9. The van der Waals surface area contributed by atoms with E-state index in [1.165, 1.54) is 23.9 Å². The monoisotopic (exact) mass is 411 g/mol. The summed E-state index contributed by atoms with van der Waals surface area (Å²) < 4.78 is 0.137. The Kier molecular flexibility index (Phi) is 6.79. The maximum absolute atomic E-state index is 12.6. The third-order valence-corrected chi connectivity index (χ3v) is 5.70. The van der Waals surface area contributed by atoms with E-state index in [0.717, 1.165) is 16.7 Å². The van der Waals surface area contributed by atoms with Gasteiger partial charge in [-0.25, -0.2) is 0 Å². The highest BCUT2D eigenvalue weighted by atomic mass is 32.2. The molecule has 1 aromatic carbocycles. The fraction of sp³-hybridized carbons (Fsp3) is 0.312. The van der Waals surface area contributed by atoms with Gasteiger partial charge in [0.15, 0.2) is 0 Å². The second kappa shape index (κ2) is 8.65. The van der Waals surface area contributed by atoms with E-state index < -0.39 is 22.8 Å². The fourth-order valence-corrected chi connectivity index (χ4v) is 4.21. The van der Waals surface area contributed by atoms with Crippen LogP contribution < -0.4 is 5.11 Å². The minimum atomic E-state index is -1.36. The highest BCUT2D eigenvalue weighted by Crippen LogP contribution is 2.35. The standard InChI is InChI=1S/C16H16N2O5S3/c1-9-3-4-10(7-12(9)18(22)23)8-13-14(19)17(16(24)26-13)11(15(20)21)5-6-25-2/h3-4,7-8,11H,5-6H2,1-2H3,(H,20,21)/p-1/b13-8+/t11-/m0/s1. The van der Waals surface area contributed by atoms with Gasteiger partial charge in [-0.3, -0.25) is 19.8 Å². The van der Waals surface area contributed by atoms with Crippen LogP contribution in [0.25, 0.3) is 6.08 Å². The number of carbonyl (C=O) groups excluding carboxylic acids is 2. The van der Waals surface area contributed by atoms with Crippen LogP contribution in [0.15, 0.2) is 23.1 Å². The fourth-order valence-electron chi connectivity index (χ4n) is 2.39. The summed E-state index contributed by atoms with van der Waals surface area (Å²) in [7, 11) is 0. The van der Waals surface area contributed by atoms with Gasteiger partial charge >= 0.3 is 0 Å². The van der Waals surface area contributed by atoms with E-state index in [1.807, 2.05) is 6.26 Å². The second-order valence-electron chi connectivity index (χ2n) is 5.47. The van der Waals surface area contributed by atoms with E-state index in [4.69, 9.17) is 12.2 Å². The summed E-state index contributed by atoms with van der Waals surface area (Å²) in [5, 5.41) is 22.5. The summed E-state index contributed by atoms with van der Waals surface area (Å²) in [6.07, 6.45) is 3.53. The zero-order valence-electron chi connectivity index (χ0n) is 14.0. The number of nitro groups is 1. The van der Waals surface area contributed by atoms with Crippen molar-refractivity contribution in [2.75, 3.05) is 12.0 Å². The molecule has 26 heavy (non-hydrogen) atoms. The summed E-state index contributed by atoms with van der Waals surface area (Å²) in [5.41, 5.74) is 0.924. The van der Waals surface area contributed by atoms with E-state index in [1.54, 1.807) is 19.1 Å². The van der Waals surface area contributed by atoms with E-state index >= 15 is 0 Å². The highest BCUT2D eigenvalue weighted by molar-refractivity contribution is 8.26. The molecule has 1 aliphatic rings. The lowest BCUT2D eigenvalue weighted by molar-refractivity contribution is -0.385. The SMILES string of the molecule is CSCC[C@@H](C(=O)[O-])N1C(=O)/C(=C\c2ccc(C)c([N+](=O)[O-])c2)SC1=S. The molecule has 0 aromatic heterocycles. The van der Waals surface area contributed by atoms with Crippen LogP contribution in [0.1, 0.15) is 17.5 Å². The van der Waals surface area contributed by atoms with Crippen molar-refractivity contribution in [2.24, 2.45) is 0 Å². The molecule has 1 heterocycles. The summed E-state index contributed by atoms with van der Waals surface area (Å²) >= 11 is 7.60. The molecule has 10 heteroatoms. The number of thioether (sulfide) groups is 2. The average Bonchev–Trinajstić information content (AvgIpc) is 2.84. The number of hydrogen-bond acceptors (Lipinski definition) is 8. The van der Waals surface area contributed by atoms with Crippen LogP contribution in [-0.4, -0.2) is 44.1 Å². The number of nitro benzene ring substituents is 1. The molecule has 138 valence electrons. The first-order chi connectivity index (χ1) is 12.3. The van der Waals surface area contributed by atoms with Crippen LogP contribution in [0.5, 0.6) is 0 Å². The van der Waals surface area contributed by atoms with Crippen molar-refractivity contribution in [3.05, 3.63) is 44.3 Å². The molecule has 1 fully saturated rings. The van der Waals surface area contributed by atoms with Crippen LogP contribution in [0.2, 0.25) is 0 Å². The number of aryl methyl sites for hydroxylation is 1.